The zero-order valence-corrected chi connectivity index (χ0v) is 7.42. The first-order chi connectivity index (χ1) is 4.34. The van der Waals surface area contributed by atoms with Crippen molar-refractivity contribution in [1.82, 2.24) is 0 Å². The molecule has 0 saturated carbocycles. The molecule has 0 spiro atoms. The van der Waals surface area contributed by atoms with Gasteiger partial charge in [-0.3, -0.25) is 0 Å². The maximum absolute atomic E-state index is 5.61. The molecule has 44 valence electrons. The second-order valence-electron chi connectivity index (χ2n) is 1.77. The number of hydrogen-bond donors (Lipinski definition) is 1. The molecule has 1 aromatic carbocycles. The summed E-state index contributed by atoms with van der Waals surface area (Å²) in [5, 5.41) is 0. The number of hydrogen-bond acceptors (Lipinski definition) is 1. The number of rotatable bonds is 1. The van der Waals surface area contributed by atoms with Crippen LogP contribution >= 0.6 is 0 Å². The van der Waals surface area contributed by atoms with Crippen LogP contribution in [0.25, 0.3) is 0 Å². The number of nitrogen functional groups attached to an aromatic ring is 1. The molecule has 0 aliphatic rings. The number of anilines is 1. The average molecular weight is 196 g/mol. The van der Waals surface area contributed by atoms with Crippen LogP contribution < -0.4 is 5.73 Å². The van der Waals surface area contributed by atoms with Crippen LogP contribution in [0.5, 0.6) is 0 Å². The van der Waals surface area contributed by atoms with Gasteiger partial charge in [0.15, 0.2) is 0 Å². The molecule has 0 amide bonds. The molecule has 2 N–H and O–H groups in total. The van der Waals surface area contributed by atoms with Crippen LogP contribution in [0.3, 0.4) is 0 Å². The molecule has 0 atom stereocenters. The zero-order valence-electron chi connectivity index (χ0n) is 4.96. The molecule has 2 heteroatoms. The van der Waals surface area contributed by atoms with Crippen molar-refractivity contribution in [2.45, 2.75) is 0 Å². The predicted molar refractivity (Wildman–Crippen MR) is 36.0 cm³/mol. The van der Waals surface area contributed by atoms with Crippen molar-refractivity contribution >= 4 is 9.40 Å². The summed E-state index contributed by atoms with van der Waals surface area (Å²) in [6, 6.07) is 7.87. The third-order valence-corrected chi connectivity index (χ3v) is 1.92. The molecule has 0 radical (unpaired) electrons. The van der Waals surface area contributed by atoms with Crippen molar-refractivity contribution < 1.29 is 24.2 Å². The Kier molecular flexibility index (Phi) is 2.35. The fourth-order valence-electron chi connectivity index (χ4n) is 0.642. The molecule has 0 aromatic heterocycles. The maximum atomic E-state index is 5.61. The van der Waals surface area contributed by atoms with Crippen molar-refractivity contribution in [3.63, 3.8) is 0 Å². The molecular formula is C7H7NZr. The SMILES string of the molecule is Nc1ccccc1[CH]=[Zr]. The van der Waals surface area contributed by atoms with Gasteiger partial charge < -0.3 is 0 Å². The number of nitrogens with two attached hydrogens (primary N) is 1. The Morgan fingerprint density at radius 1 is 1.33 bits per heavy atom. The van der Waals surface area contributed by atoms with Crippen molar-refractivity contribution in [3.05, 3.63) is 29.8 Å². The Bertz CT molecular complexity index is 220. The molecule has 0 bridgehead atoms. The third kappa shape index (κ3) is 1.59. The quantitative estimate of drug-likeness (QED) is 0.665. The van der Waals surface area contributed by atoms with Crippen LogP contribution in [-0.4, -0.2) is 3.71 Å². The van der Waals surface area contributed by atoms with Gasteiger partial charge in [0, 0.05) is 0 Å². The average Bonchev–Trinajstić information content (AvgIpc) is 1.89. The van der Waals surface area contributed by atoms with E-state index in [1.807, 2.05) is 24.3 Å². The van der Waals surface area contributed by atoms with Gasteiger partial charge in [0.25, 0.3) is 0 Å². The molecule has 0 fully saturated rings. The van der Waals surface area contributed by atoms with E-state index in [1.165, 1.54) is 24.2 Å². The first kappa shape index (κ1) is 6.89. The van der Waals surface area contributed by atoms with Crippen LogP contribution in [0.2, 0.25) is 0 Å². The molecule has 0 heterocycles. The van der Waals surface area contributed by atoms with E-state index in [2.05, 4.69) is 3.71 Å². The van der Waals surface area contributed by atoms with Crippen molar-refractivity contribution in [2.75, 3.05) is 5.73 Å². The minimum atomic E-state index is 0.870. The van der Waals surface area contributed by atoms with Gasteiger partial charge in [-0.25, -0.2) is 0 Å². The van der Waals surface area contributed by atoms with E-state index in [9.17, 15) is 0 Å². The summed E-state index contributed by atoms with van der Waals surface area (Å²) in [7, 11) is 0. The summed E-state index contributed by atoms with van der Waals surface area (Å²) in [6.45, 7) is 0. The van der Waals surface area contributed by atoms with Gasteiger partial charge >= 0.3 is 69.2 Å². The number of benzene rings is 1. The Hall–Kier alpha value is -0.227. The zero-order chi connectivity index (χ0) is 6.69. The van der Waals surface area contributed by atoms with Crippen molar-refractivity contribution in [1.29, 1.82) is 0 Å². The van der Waals surface area contributed by atoms with E-state index in [0.717, 1.165) is 11.3 Å². The summed E-state index contributed by atoms with van der Waals surface area (Å²) >= 11 is 1.39. The van der Waals surface area contributed by atoms with Crippen LogP contribution in [0.4, 0.5) is 5.69 Å². The molecule has 0 aliphatic heterocycles. The molecule has 1 nitrogen and oxygen atoms in total. The summed E-state index contributed by atoms with van der Waals surface area (Å²) in [5.41, 5.74) is 7.63. The van der Waals surface area contributed by atoms with Crippen molar-refractivity contribution in [2.24, 2.45) is 0 Å². The molecule has 0 aliphatic carbocycles. The van der Waals surface area contributed by atoms with Gasteiger partial charge in [0.05, 0.1) is 0 Å². The fraction of sp³-hybridized carbons (Fsp3) is 0. The van der Waals surface area contributed by atoms with E-state index < -0.39 is 0 Å². The van der Waals surface area contributed by atoms with E-state index in [4.69, 9.17) is 5.73 Å². The summed E-state index contributed by atoms with van der Waals surface area (Å²) in [4.78, 5) is 0. The van der Waals surface area contributed by atoms with E-state index >= 15 is 0 Å². The first-order valence-electron chi connectivity index (χ1n) is 2.69. The van der Waals surface area contributed by atoms with Gasteiger partial charge in [0.2, 0.25) is 0 Å². The van der Waals surface area contributed by atoms with Gasteiger partial charge in [0.1, 0.15) is 0 Å². The van der Waals surface area contributed by atoms with Crippen LogP contribution in [0, 0.1) is 0 Å². The Balaban J connectivity index is 3.15. The number of para-hydroxylation sites is 1. The first-order valence-corrected chi connectivity index (χ1v) is 4.11. The molecular weight excluding hydrogens is 189 g/mol. The molecule has 1 rings (SSSR count). The van der Waals surface area contributed by atoms with Gasteiger partial charge in [-0.05, 0) is 0 Å². The van der Waals surface area contributed by atoms with E-state index in [0.29, 0.717) is 0 Å². The molecule has 0 unspecified atom stereocenters. The van der Waals surface area contributed by atoms with E-state index in [-0.39, 0.29) is 0 Å². The molecule has 0 saturated heterocycles. The normalized spacial score (nSPS) is 8.78. The van der Waals surface area contributed by atoms with Crippen molar-refractivity contribution in [3.8, 4) is 0 Å². The molecule has 9 heavy (non-hydrogen) atoms. The Morgan fingerprint density at radius 3 is 2.44 bits per heavy atom. The second kappa shape index (κ2) is 3.07. The Morgan fingerprint density at radius 2 is 2.00 bits per heavy atom. The van der Waals surface area contributed by atoms with Gasteiger partial charge in [-0.1, -0.05) is 0 Å². The van der Waals surface area contributed by atoms with Crippen LogP contribution in [0.15, 0.2) is 24.3 Å². The summed E-state index contributed by atoms with van der Waals surface area (Å²) in [5.74, 6) is 0. The summed E-state index contributed by atoms with van der Waals surface area (Å²) < 4.78 is 2.09. The summed E-state index contributed by atoms with van der Waals surface area (Å²) in [6.07, 6.45) is 0. The van der Waals surface area contributed by atoms with E-state index in [1.54, 1.807) is 0 Å². The standard InChI is InChI=1S/C7H7N.Zr/c1-6-4-2-3-5-7(6)8;/h1-5H,8H2;. The molecule has 1 aromatic rings. The van der Waals surface area contributed by atoms with Gasteiger partial charge in [-0.15, -0.1) is 0 Å². The topological polar surface area (TPSA) is 26.0 Å². The predicted octanol–water partition coefficient (Wildman–Crippen LogP) is 0.966. The van der Waals surface area contributed by atoms with Crippen LogP contribution in [0.1, 0.15) is 5.56 Å². The Labute approximate surface area is 69.2 Å². The fourth-order valence-corrected chi connectivity index (χ4v) is 1.29. The van der Waals surface area contributed by atoms with Crippen LogP contribution in [-0.2, 0) is 24.2 Å². The second-order valence-corrected chi connectivity index (χ2v) is 2.48. The minimum absolute atomic E-state index is 0.870. The monoisotopic (exact) mass is 195 g/mol. The van der Waals surface area contributed by atoms with Gasteiger partial charge in [-0.2, -0.15) is 0 Å². The third-order valence-electron chi connectivity index (χ3n) is 1.15.